The zero-order valence-electron chi connectivity index (χ0n) is 8.43. The fourth-order valence-corrected chi connectivity index (χ4v) is 1.47. The Morgan fingerprint density at radius 1 is 1.00 bits per heavy atom. The maximum atomic E-state index is 5.67. The van der Waals surface area contributed by atoms with E-state index in [1.165, 1.54) is 19.3 Å². The first-order valence-corrected chi connectivity index (χ1v) is 4.78. The summed E-state index contributed by atoms with van der Waals surface area (Å²) in [6.45, 7) is 8.97. The molecule has 1 heteroatoms. The van der Waals surface area contributed by atoms with Gasteiger partial charge in [-0.3, -0.25) is 0 Å². The molecule has 0 amide bonds. The van der Waals surface area contributed by atoms with Crippen LogP contribution >= 0.6 is 0 Å². The van der Waals surface area contributed by atoms with E-state index in [4.69, 9.17) is 5.73 Å². The van der Waals surface area contributed by atoms with Gasteiger partial charge < -0.3 is 5.73 Å². The minimum absolute atomic E-state index is 0.379. The SMILES string of the molecule is CC(C)CC(C)CCC(C)N. The third kappa shape index (κ3) is 7.86. The molecule has 11 heavy (non-hydrogen) atoms. The Labute approximate surface area is 71.4 Å². The van der Waals surface area contributed by atoms with Crippen molar-refractivity contribution in [2.45, 2.75) is 53.0 Å². The average Bonchev–Trinajstić information content (AvgIpc) is 1.82. The van der Waals surface area contributed by atoms with E-state index in [-0.39, 0.29) is 0 Å². The summed E-state index contributed by atoms with van der Waals surface area (Å²) >= 11 is 0. The lowest BCUT2D eigenvalue weighted by Crippen LogP contribution is -2.16. The van der Waals surface area contributed by atoms with Crippen molar-refractivity contribution >= 4 is 0 Å². The predicted molar refractivity (Wildman–Crippen MR) is 51.5 cm³/mol. The van der Waals surface area contributed by atoms with Gasteiger partial charge in [0, 0.05) is 6.04 Å². The zero-order chi connectivity index (χ0) is 8.85. The first kappa shape index (κ1) is 11.0. The van der Waals surface area contributed by atoms with Gasteiger partial charge >= 0.3 is 0 Å². The smallest absolute Gasteiger partial charge is 0.00105 e. The fourth-order valence-electron chi connectivity index (χ4n) is 1.47. The highest BCUT2D eigenvalue weighted by Crippen LogP contribution is 2.16. The van der Waals surface area contributed by atoms with Gasteiger partial charge in [-0.15, -0.1) is 0 Å². The number of rotatable bonds is 5. The molecule has 0 saturated heterocycles. The molecule has 0 bridgehead atoms. The van der Waals surface area contributed by atoms with Crippen molar-refractivity contribution in [3.63, 3.8) is 0 Å². The molecule has 68 valence electrons. The molecule has 0 spiro atoms. The molecule has 0 saturated carbocycles. The van der Waals surface area contributed by atoms with Gasteiger partial charge in [-0.1, -0.05) is 20.8 Å². The van der Waals surface area contributed by atoms with Gasteiger partial charge in [-0.2, -0.15) is 0 Å². The number of hydrogen-bond acceptors (Lipinski definition) is 1. The van der Waals surface area contributed by atoms with Crippen molar-refractivity contribution in [2.24, 2.45) is 17.6 Å². The van der Waals surface area contributed by atoms with Crippen LogP contribution in [0.1, 0.15) is 47.0 Å². The molecular weight excluding hydrogens is 134 g/mol. The first-order valence-electron chi connectivity index (χ1n) is 4.78. The highest BCUT2D eigenvalue weighted by molar-refractivity contribution is 4.60. The van der Waals surface area contributed by atoms with Crippen LogP contribution in [0.3, 0.4) is 0 Å². The summed E-state index contributed by atoms with van der Waals surface area (Å²) < 4.78 is 0. The van der Waals surface area contributed by atoms with Crippen LogP contribution in [-0.4, -0.2) is 6.04 Å². The van der Waals surface area contributed by atoms with Gasteiger partial charge in [-0.05, 0) is 38.0 Å². The van der Waals surface area contributed by atoms with Crippen molar-refractivity contribution < 1.29 is 0 Å². The maximum Gasteiger partial charge on any atom is 0.00105 e. The second-order valence-corrected chi connectivity index (χ2v) is 4.29. The van der Waals surface area contributed by atoms with Crippen LogP contribution in [0.4, 0.5) is 0 Å². The average molecular weight is 157 g/mol. The lowest BCUT2D eigenvalue weighted by Gasteiger charge is -2.14. The van der Waals surface area contributed by atoms with Crippen molar-refractivity contribution in [2.75, 3.05) is 0 Å². The summed E-state index contributed by atoms with van der Waals surface area (Å²) in [7, 11) is 0. The number of hydrogen-bond donors (Lipinski definition) is 1. The molecule has 2 atom stereocenters. The summed E-state index contributed by atoms with van der Waals surface area (Å²) in [5.74, 6) is 1.68. The lowest BCUT2D eigenvalue weighted by molar-refractivity contribution is 0.394. The second kappa shape index (κ2) is 5.59. The Bertz CT molecular complexity index is 86.9. The van der Waals surface area contributed by atoms with E-state index in [1.807, 2.05) is 0 Å². The quantitative estimate of drug-likeness (QED) is 0.652. The monoisotopic (exact) mass is 157 g/mol. The van der Waals surface area contributed by atoms with Crippen LogP contribution < -0.4 is 5.73 Å². The van der Waals surface area contributed by atoms with Crippen molar-refractivity contribution in [1.29, 1.82) is 0 Å². The minimum atomic E-state index is 0.379. The van der Waals surface area contributed by atoms with Gasteiger partial charge in [0.2, 0.25) is 0 Å². The van der Waals surface area contributed by atoms with E-state index in [1.54, 1.807) is 0 Å². The Balaban J connectivity index is 3.29. The lowest BCUT2D eigenvalue weighted by atomic mass is 9.93. The molecule has 2 unspecified atom stereocenters. The van der Waals surface area contributed by atoms with Crippen LogP contribution in [-0.2, 0) is 0 Å². The Hall–Kier alpha value is -0.0400. The van der Waals surface area contributed by atoms with E-state index in [0.29, 0.717) is 6.04 Å². The van der Waals surface area contributed by atoms with Gasteiger partial charge in [0.05, 0.1) is 0 Å². The standard InChI is InChI=1S/C10H23N/c1-8(2)7-9(3)5-6-10(4)11/h8-10H,5-7,11H2,1-4H3. The van der Waals surface area contributed by atoms with Crippen molar-refractivity contribution in [3.05, 3.63) is 0 Å². The van der Waals surface area contributed by atoms with Gasteiger partial charge in [0.15, 0.2) is 0 Å². The molecule has 0 aromatic rings. The van der Waals surface area contributed by atoms with Crippen LogP contribution in [0.2, 0.25) is 0 Å². The largest absolute Gasteiger partial charge is 0.328 e. The van der Waals surface area contributed by atoms with E-state index < -0.39 is 0 Å². The van der Waals surface area contributed by atoms with Crippen LogP contribution in [0.25, 0.3) is 0 Å². The predicted octanol–water partition coefficient (Wildman–Crippen LogP) is 2.80. The van der Waals surface area contributed by atoms with Crippen LogP contribution in [0.15, 0.2) is 0 Å². The van der Waals surface area contributed by atoms with Gasteiger partial charge in [0.25, 0.3) is 0 Å². The molecule has 0 radical (unpaired) electrons. The summed E-state index contributed by atoms with van der Waals surface area (Å²) in [5.41, 5.74) is 5.67. The molecule has 0 rings (SSSR count). The van der Waals surface area contributed by atoms with E-state index >= 15 is 0 Å². The summed E-state index contributed by atoms with van der Waals surface area (Å²) in [6.07, 6.45) is 3.80. The van der Waals surface area contributed by atoms with Crippen molar-refractivity contribution in [3.8, 4) is 0 Å². The zero-order valence-corrected chi connectivity index (χ0v) is 8.43. The molecule has 0 aliphatic rings. The van der Waals surface area contributed by atoms with Crippen LogP contribution in [0, 0.1) is 11.8 Å². The van der Waals surface area contributed by atoms with E-state index in [0.717, 1.165) is 11.8 Å². The second-order valence-electron chi connectivity index (χ2n) is 4.29. The molecule has 0 heterocycles. The molecular formula is C10H23N. The Kier molecular flexibility index (Phi) is 5.57. The summed E-state index contributed by atoms with van der Waals surface area (Å²) in [4.78, 5) is 0. The molecule has 0 aromatic carbocycles. The first-order chi connectivity index (χ1) is 5.02. The normalized spacial score (nSPS) is 16.9. The highest BCUT2D eigenvalue weighted by atomic mass is 14.6. The summed E-state index contributed by atoms with van der Waals surface area (Å²) in [6, 6.07) is 0.379. The van der Waals surface area contributed by atoms with Gasteiger partial charge in [-0.25, -0.2) is 0 Å². The van der Waals surface area contributed by atoms with Gasteiger partial charge in [0.1, 0.15) is 0 Å². The Morgan fingerprint density at radius 2 is 1.55 bits per heavy atom. The Morgan fingerprint density at radius 3 is 1.91 bits per heavy atom. The topological polar surface area (TPSA) is 26.0 Å². The van der Waals surface area contributed by atoms with E-state index in [9.17, 15) is 0 Å². The molecule has 2 N–H and O–H groups in total. The molecule has 0 aliphatic heterocycles. The third-order valence-electron chi connectivity index (χ3n) is 1.99. The maximum absolute atomic E-state index is 5.67. The minimum Gasteiger partial charge on any atom is -0.328 e. The summed E-state index contributed by atoms with van der Waals surface area (Å²) in [5, 5.41) is 0. The van der Waals surface area contributed by atoms with Crippen LogP contribution in [0.5, 0.6) is 0 Å². The highest BCUT2D eigenvalue weighted by Gasteiger charge is 2.05. The number of nitrogens with two attached hydrogens (primary N) is 1. The molecule has 0 fully saturated rings. The fraction of sp³-hybridized carbons (Fsp3) is 1.00. The molecule has 1 nitrogen and oxygen atoms in total. The third-order valence-corrected chi connectivity index (χ3v) is 1.99. The van der Waals surface area contributed by atoms with E-state index in [2.05, 4.69) is 27.7 Å². The van der Waals surface area contributed by atoms with Crippen molar-refractivity contribution in [1.82, 2.24) is 0 Å². The molecule has 0 aliphatic carbocycles. The molecule has 0 aromatic heterocycles.